The molecule has 1 fully saturated rings. The van der Waals surface area contributed by atoms with E-state index in [2.05, 4.69) is 41.3 Å². The molecule has 0 spiro atoms. The topological polar surface area (TPSA) is 93.0 Å². The summed E-state index contributed by atoms with van der Waals surface area (Å²) in [4.78, 5) is 16.7. The van der Waals surface area contributed by atoms with Crippen molar-refractivity contribution in [1.29, 1.82) is 0 Å². The second-order valence-corrected chi connectivity index (χ2v) is 8.37. The second kappa shape index (κ2) is 10.2. The lowest BCUT2D eigenvalue weighted by atomic mass is 10.1. The van der Waals surface area contributed by atoms with Gasteiger partial charge in [-0.1, -0.05) is 26.8 Å². The highest BCUT2D eigenvalue weighted by molar-refractivity contribution is 5.90. The van der Waals surface area contributed by atoms with Crippen LogP contribution in [-0.4, -0.2) is 63.6 Å². The Labute approximate surface area is 189 Å². The van der Waals surface area contributed by atoms with Crippen LogP contribution < -0.4 is 15.5 Å². The molecule has 1 saturated heterocycles. The van der Waals surface area contributed by atoms with Gasteiger partial charge < -0.3 is 20.3 Å². The number of nitrogens with one attached hydrogen (secondary N) is 2. The molecule has 1 atom stereocenters. The number of nitrogens with zero attached hydrogens (tertiary/aromatic N) is 6. The molecule has 0 unspecified atom stereocenters. The largest absolute Gasteiger partial charge is 0.380 e. The number of rotatable bonds is 9. The summed E-state index contributed by atoms with van der Waals surface area (Å²) < 4.78 is 7.58. The molecule has 0 bridgehead atoms. The van der Waals surface area contributed by atoms with E-state index in [4.69, 9.17) is 19.8 Å². The Morgan fingerprint density at radius 2 is 2.12 bits per heavy atom. The van der Waals surface area contributed by atoms with Gasteiger partial charge >= 0.3 is 0 Å². The minimum atomic E-state index is 0.239. The summed E-state index contributed by atoms with van der Waals surface area (Å²) in [6.07, 6.45) is 2.85. The standard InChI is InChI=1S/C23H34N8O/c1-5-17-15-30(12-11-24-17)23-27-20-19(16(3)4)29-31(13-14-32-6-2)21(20)22(28-23)26-18-9-7-8-10-25-18/h7-10,16-17,24H,5-6,11-15H2,1-4H3,(H,25,26,27,28)/t17-/m0/s1. The number of hydrogen-bond donors (Lipinski definition) is 2. The van der Waals surface area contributed by atoms with Crippen molar-refractivity contribution < 1.29 is 4.74 Å². The Kier molecular flexibility index (Phi) is 7.16. The smallest absolute Gasteiger partial charge is 0.228 e. The second-order valence-electron chi connectivity index (χ2n) is 8.37. The van der Waals surface area contributed by atoms with Crippen molar-refractivity contribution >= 4 is 28.6 Å². The van der Waals surface area contributed by atoms with E-state index in [-0.39, 0.29) is 5.92 Å². The molecule has 172 valence electrons. The zero-order chi connectivity index (χ0) is 22.5. The molecular weight excluding hydrogens is 404 g/mol. The number of anilines is 3. The summed E-state index contributed by atoms with van der Waals surface area (Å²) in [5, 5.41) is 11.9. The van der Waals surface area contributed by atoms with Crippen molar-refractivity contribution in [1.82, 2.24) is 30.0 Å². The molecule has 9 heteroatoms. The van der Waals surface area contributed by atoms with E-state index in [1.165, 1.54) is 0 Å². The molecule has 9 nitrogen and oxygen atoms in total. The quantitative estimate of drug-likeness (QED) is 0.492. The predicted molar refractivity (Wildman–Crippen MR) is 128 cm³/mol. The predicted octanol–water partition coefficient (Wildman–Crippen LogP) is 3.31. The number of ether oxygens (including phenoxy) is 1. The van der Waals surface area contributed by atoms with E-state index in [0.717, 1.165) is 60.4 Å². The number of aromatic nitrogens is 5. The Hall–Kier alpha value is -2.78. The first-order valence-electron chi connectivity index (χ1n) is 11.6. The summed E-state index contributed by atoms with van der Waals surface area (Å²) in [6.45, 7) is 13.1. The van der Waals surface area contributed by atoms with E-state index in [1.807, 2.05) is 29.8 Å². The number of pyridine rings is 1. The van der Waals surface area contributed by atoms with Crippen molar-refractivity contribution in [3.8, 4) is 0 Å². The highest BCUT2D eigenvalue weighted by atomic mass is 16.5. The fraction of sp³-hybridized carbons (Fsp3) is 0.565. The number of hydrogen-bond acceptors (Lipinski definition) is 8. The van der Waals surface area contributed by atoms with Crippen molar-refractivity contribution in [2.45, 2.75) is 52.6 Å². The van der Waals surface area contributed by atoms with Crippen LogP contribution in [0.5, 0.6) is 0 Å². The van der Waals surface area contributed by atoms with E-state index >= 15 is 0 Å². The van der Waals surface area contributed by atoms with Crippen molar-refractivity contribution in [2.75, 3.05) is 43.1 Å². The molecule has 0 aromatic carbocycles. The Balaban J connectivity index is 1.82. The average molecular weight is 439 g/mol. The monoisotopic (exact) mass is 438 g/mol. The van der Waals surface area contributed by atoms with E-state index in [0.29, 0.717) is 25.8 Å². The van der Waals surface area contributed by atoms with E-state index in [9.17, 15) is 0 Å². The maximum atomic E-state index is 5.61. The summed E-state index contributed by atoms with van der Waals surface area (Å²) in [5.41, 5.74) is 2.77. The molecule has 4 heterocycles. The van der Waals surface area contributed by atoms with Crippen LogP contribution >= 0.6 is 0 Å². The van der Waals surface area contributed by atoms with Gasteiger partial charge in [-0.05, 0) is 31.4 Å². The molecule has 32 heavy (non-hydrogen) atoms. The maximum Gasteiger partial charge on any atom is 0.228 e. The molecule has 3 aromatic heterocycles. The summed E-state index contributed by atoms with van der Waals surface area (Å²) in [5.74, 6) is 2.45. The van der Waals surface area contributed by atoms with Gasteiger partial charge in [0.05, 0.1) is 18.8 Å². The molecular formula is C23H34N8O. The molecule has 0 radical (unpaired) electrons. The van der Waals surface area contributed by atoms with E-state index in [1.54, 1.807) is 6.20 Å². The van der Waals surface area contributed by atoms with Crippen LogP contribution in [0.25, 0.3) is 11.0 Å². The van der Waals surface area contributed by atoms with Crippen LogP contribution in [0.4, 0.5) is 17.6 Å². The van der Waals surface area contributed by atoms with Crippen LogP contribution in [0.2, 0.25) is 0 Å². The first-order chi connectivity index (χ1) is 15.6. The molecule has 1 aliphatic rings. The van der Waals surface area contributed by atoms with Crippen LogP contribution in [0.3, 0.4) is 0 Å². The lowest BCUT2D eigenvalue weighted by Gasteiger charge is -2.33. The summed E-state index contributed by atoms with van der Waals surface area (Å²) >= 11 is 0. The van der Waals surface area contributed by atoms with Crippen molar-refractivity contribution in [2.24, 2.45) is 0 Å². The highest BCUT2D eigenvalue weighted by Gasteiger charge is 2.25. The minimum absolute atomic E-state index is 0.239. The fourth-order valence-corrected chi connectivity index (χ4v) is 4.01. The lowest BCUT2D eigenvalue weighted by molar-refractivity contribution is 0.137. The Bertz CT molecular complexity index is 1020. The third kappa shape index (κ3) is 4.83. The zero-order valence-corrected chi connectivity index (χ0v) is 19.5. The van der Waals surface area contributed by atoms with Gasteiger partial charge in [-0.3, -0.25) is 4.68 Å². The Morgan fingerprint density at radius 3 is 2.84 bits per heavy atom. The first-order valence-corrected chi connectivity index (χ1v) is 11.6. The third-order valence-electron chi connectivity index (χ3n) is 5.74. The van der Waals surface area contributed by atoms with Gasteiger partial charge in [-0.15, -0.1) is 0 Å². The van der Waals surface area contributed by atoms with Gasteiger partial charge in [0.15, 0.2) is 5.82 Å². The normalized spacial score (nSPS) is 16.8. The molecule has 4 rings (SSSR count). The molecule has 0 amide bonds. The zero-order valence-electron chi connectivity index (χ0n) is 19.5. The molecule has 0 saturated carbocycles. The first kappa shape index (κ1) is 22.4. The number of piperazine rings is 1. The summed E-state index contributed by atoms with van der Waals surface area (Å²) in [7, 11) is 0. The summed E-state index contributed by atoms with van der Waals surface area (Å²) in [6, 6.07) is 6.24. The SMILES string of the molecule is CCOCCn1nc(C(C)C)c2nc(N3CCN[C@@H](CC)C3)nc(Nc3ccccn3)c21. The highest BCUT2D eigenvalue weighted by Crippen LogP contribution is 2.31. The van der Waals surface area contributed by atoms with Gasteiger partial charge in [-0.25, -0.2) is 9.97 Å². The Morgan fingerprint density at radius 1 is 1.25 bits per heavy atom. The van der Waals surface area contributed by atoms with Crippen LogP contribution in [-0.2, 0) is 11.3 Å². The van der Waals surface area contributed by atoms with E-state index < -0.39 is 0 Å². The molecule has 3 aromatic rings. The number of fused-ring (bicyclic) bond motifs is 1. The van der Waals surface area contributed by atoms with Crippen LogP contribution in [0.15, 0.2) is 24.4 Å². The minimum Gasteiger partial charge on any atom is -0.380 e. The van der Waals surface area contributed by atoms with Crippen molar-refractivity contribution in [3.63, 3.8) is 0 Å². The fourth-order valence-electron chi connectivity index (χ4n) is 4.01. The maximum absolute atomic E-state index is 5.61. The van der Waals surface area contributed by atoms with Gasteiger partial charge in [0.25, 0.3) is 0 Å². The van der Waals surface area contributed by atoms with Gasteiger partial charge in [-0.2, -0.15) is 10.1 Å². The lowest BCUT2D eigenvalue weighted by Crippen LogP contribution is -2.51. The van der Waals surface area contributed by atoms with Gasteiger partial charge in [0, 0.05) is 38.5 Å². The average Bonchev–Trinajstić information content (AvgIpc) is 3.19. The van der Waals surface area contributed by atoms with Gasteiger partial charge in [0.1, 0.15) is 16.9 Å². The van der Waals surface area contributed by atoms with Crippen LogP contribution in [0.1, 0.15) is 45.7 Å². The molecule has 1 aliphatic heterocycles. The van der Waals surface area contributed by atoms with Crippen LogP contribution in [0, 0.1) is 0 Å². The third-order valence-corrected chi connectivity index (χ3v) is 5.74. The molecule has 0 aliphatic carbocycles. The van der Waals surface area contributed by atoms with Gasteiger partial charge in [0.2, 0.25) is 5.95 Å². The molecule has 2 N–H and O–H groups in total. The van der Waals surface area contributed by atoms with Crippen molar-refractivity contribution in [3.05, 3.63) is 30.1 Å².